The average molecular weight is 433 g/mol. The molecule has 32 heavy (non-hydrogen) atoms. The molecule has 3 heterocycles. The number of aryl methyl sites for hydroxylation is 1. The molecule has 1 aliphatic rings. The molecule has 0 unspecified atom stereocenters. The molecule has 5 rings (SSSR count). The Labute approximate surface area is 184 Å². The summed E-state index contributed by atoms with van der Waals surface area (Å²) in [6.45, 7) is 2.99. The Hall–Kier alpha value is -3.59. The molecule has 0 radical (unpaired) electrons. The minimum Gasteiger partial charge on any atom is -0.342 e. The number of aromatic amines is 2. The maximum atomic E-state index is 13.1. The number of aromatic nitrogens is 5. The summed E-state index contributed by atoms with van der Waals surface area (Å²) in [7, 11) is 0. The van der Waals surface area contributed by atoms with Gasteiger partial charge in [-0.05, 0) is 62.2 Å². The van der Waals surface area contributed by atoms with Crippen molar-refractivity contribution in [2.24, 2.45) is 0 Å². The third-order valence-corrected chi connectivity index (χ3v) is 5.73. The van der Waals surface area contributed by atoms with E-state index in [1.54, 1.807) is 12.1 Å². The maximum absolute atomic E-state index is 13.1. The lowest BCUT2D eigenvalue weighted by Crippen LogP contribution is -2.33. The number of nitrogens with one attached hydrogen (secondary N) is 3. The van der Waals surface area contributed by atoms with E-state index in [-0.39, 0.29) is 24.3 Å². The molecule has 2 aromatic heterocycles. The second kappa shape index (κ2) is 8.51. The van der Waals surface area contributed by atoms with Crippen molar-refractivity contribution in [2.45, 2.75) is 32.2 Å². The molecule has 1 fully saturated rings. The molecular formula is C23H24FN7O. The van der Waals surface area contributed by atoms with Crippen LogP contribution in [0.3, 0.4) is 0 Å². The first-order chi connectivity index (χ1) is 15.5. The van der Waals surface area contributed by atoms with Crippen LogP contribution in [0.1, 0.15) is 41.9 Å². The zero-order valence-corrected chi connectivity index (χ0v) is 17.7. The van der Waals surface area contributed by atoms with Crippen LogP contribution in [-0.4, -0.2) is 49.0 Å². The first kappa shape index (κ1) is 20.3. The Morgan fingerprint density at radius 2 is 2.06 bits per heavy atom. The number of benzene rings is 2. The van der Waals surface area contributed by atoms with E-state index in [0.29, 0.717) is 12.2 Å². The minimum absolute atomic E-state index is 0.00305. The van der Waals surface area contributed by atoms with Crippen molar-refractivity contribution in [3.8, 4) is 0 Å². The van der Waals surface area contributed by atoms with Gasteiger partial charge in [0.25, 0.3) is 0 Å². The van der Waals surface area contributed by atoms with Crippen molar-refractivity contribution in [3.63, 3.8) is 0 Å². The molecule has 0 saturated carbocycles. The third kappa shape index (κ3) is 4.38. The van der Waals surface area contributed by atoms with Gasteiger partial charge < -0.3 is 10.3 Å². The van der Waals surface area contributed by atoms with E-state index in [9.17, 15) is 9.18 Å². The highest BCUT2D eigenvalue weighted by atomic mass is 19.1. The second-order valence-corrected chi connectivity index (χ2v) is 8.17. The summed E-state index contributed by atoms with van der Waals surface area (Å²) in [5, 5.41) is 10.4. The topological polar surface area (TPSA) is 103 Å². The van der Waals surface area contributed by atoms with Crippen LogP contribution >= 0.6 is 0 Å². The summed E-state index contributed by atoms with van der Waals surface area (Å²) in [5.41, 5.74) is 3.47. The Bertz CT molecular complexity index is 1250. The smallest absolute Gasteiger partial charge is 0.238 e. The zero-order valence-electron chi connectivity index (χ0n) is 17.7. The van der Waals surface area contributed by atoms with Crippen LogP contribution < -0.4 is 5.32 Å². The van der Waals surface area contributed by atoms with Crippen molar-refractivity contribution >= 4 is 22.6 Å². The van der Waals surface area contributed by atoms with Gasteiger partial charge in [-0.15, -0.1) is 0 Å². The van der Waals surface area contributed by atoms with E-state index < -0.39 is 0 Å². The van der Waals surface area contributed by atoms with E-state index >= 15 is 0 Å². The van der Waals surface area contributed by atoms with Gasteiger partial charge in [-0.25, -0.2) is 14.4 Å². The third-order valence-electron chi connectivity index (χ3n) is 5.73. The number of fused-ring (bicyclic) bond motifs is 1. The molecule has 3 N–H and O–H groups in total. The van der Waals surface area contributed by atoms with Crippen molar-refractivity contribution < 1.29 is 9.18 Å². The highest BCUT2D eigenvalue weighted by Gasteiger charge is 2.30. The van der Waals surface area contributed by atoms with Gasteiger partial charge in [0.1, 0.15) is 17.5 Å². The molecule has 164 valence electrons. The number of rotatable bonds is 6. The number of imidazole rings is 1. The number of likely N-dealkylation sites (tertiary alicyclic amines) is 1. The molecule has 9 heteroatoms. The van der Waals surface area contributed by atoms with E-state index in [0.717, 1.165) is 53.3 Å². The molecule has 1 amide bonds. The van der Waals surface area contributed by atoms with Crippen LogP contribution in [0.2, 0.25) is 0 Å². The lowest BCUT2D eigenvalue weighted by molar-refractivity contribution is -0.117. The summed E-state index contributed by atoms with van der Waals surface area (Å²) in [6, 6.07) is 12.0. The summed E-state index contributed by atoms with van der Waals surface area (Å²) in [6.07, 6.45) is 2.44. The number of H-pyrrole nitrogens is 2. The van der Waals surface area contributed by atoms with Gasteiger partial charge >= 0.3 is 0 Å². The van der Waals surface area contributed by atoms with Crippen LogP contribution in [0.25, 0.3) is 11.0 Å². The second-order valence-electron chi connectivity index (χ2n) is 8.17. The number of hydrogen-bond acceptors (Lipinski definition) is 5. The van der Waals surface area contributed by atoms with Crippen LogP contribution in [0.4, 0.5) is 10.1 Å². The standard InChI is InChI=1S/C23H24FN7O/c1-14-25-18-9-8-17(12-19(18)26-14)27-22(32)13-31-10-2-3-20(31)23-28-21(29-30-23)11-15-4-6-16(24)7-5-15/h4-9,12,20H,2-3,10-11,13H2,1H3,(H,25,26)(H,27,32)(H,28,29,30)/t20-/m0/s1. The number of amides is 1. The molecule has 1 atom stereocenters. The van der Waals surface area contributed by atoms with Crippen molar-refractivity contribution in [1.29, 1.82) is 0 Å². The molecular weight excluding hydrogens is 409 g/mol. The van der Waals surface area contributed by atoms with E-state index in [4.69, 9.17) is 0 Å². The SMILES string of the molecule is Cc1nc2ccc(NC(=O)CN3CCC[C@H]3c3n[nH]c(Cc4ccc(F)cc4)n3)cc2[nH]1. The molecule has 1 saturated heterocycles. The van der Waals surface area contributed by atoms with Crippen LogP contribution in [-0.2, 0) is 11.2 Å². The van der Waals surface area contributed by atoms with Gasteiger partial charge in [0.15, 0.2) is 5.82 Å². The lowest BCUT2D eigenvalue weighted by Gasteiger charge is -2.21. The number of hydrogen-bond donors (Lipinski definition) is 3. The summed E-state index contributed by atoms with van der Waals surface area (Å²) in [5.74, 6) is 1.93. The number of carbonyl (C=O) groups is 1. The van der Waals surface area contributed by atoms with Crippen molar-refractivity contribution in [1.82, 2.24) is 30.0 Å². The zero-order chi connectivity index (χ0) is 22.1. The molecule has 0 aliphatic carbocycles. The van der Waals surface area contributed by atoms with Crippen LogP contribution in [0.5, 0.6) is 0 Å². The van der Waals surface area contributed by atoms with Crippen LogP contribution in [0.15, 0.2) is 42.5 Å². The summed E-state index contributed by atoms with van der Waals surface area (Å²) in [4.78, 5) is 27.0. The van der Waals surface area contributed by atoms with Gasteiger partial charge in [0.05, 0.1) is 23.6 Å². The summed E-state index contributed by atoms with van der Waals surface area (Å²) < 4.78 is 13.1. The molecule has 8 nitrogen and oxygen atoms in total. The first-order valence-corrected chi connectivity index (χ1v) is 10.7. The van der Waals surface area contributed by atoms with Crippen LogP contribution in [0, 0.1) is 12.7 Å². The number of halogens is 1. The monoisotopic (exact) mass is 433 g/mol. The van der Waals surface area contributed by atoms with E-state index in [1.807, 2.05) is 25.1 Å². The van der Waals surface area contributed by atoms with Gasteiger partial charge in [-0.2, -0.15) is 5.10 Å². The molecule has 4 aromatic rings. The molecule has 0 bridgehead atoms. The Balaban J connectivity index is 1.22. The van der Waals surface area contributed by atoms with E-state index in [1.165, 1.54) is 12.1 Å². The average Bonchev–Trinajstić information content (AvgIpc) is 3.48. The van der Waals surface area contributed by atoms with Gasteiger partial charge in [0.2, 0.25) is 5.91 Å². The number of nitrogens with zero attached hydrogens (tertiary/aromatic N) is 4. The Morgan fingerprint density at radius 1 is 1.22 bits per heavy atom. The van der Waals surface area contributed by atoms with Gasteiger partial charge in [-0.1, -0.05) is 12.1 Å². The van der Waals surface area contributed by atoms with Gasteiger partial charge in [0, 0.05) is 12.1 Å². The molecule has 1 aliphatic heterocycles. The molecule has 2 aromatic carbocycles. The predicted octanol–water partition coefficient (Wildman–Crippen LogP) is 3.49. The fraction of sp³-hybridized carbons (Fsp3) is 0.304. The highest BCUT2D eigenvalue weighted by Crippen LogP contribution is 2.29. The minimum atomic E-state index is -0.258. The summed E-state index contributed by atoms with van der Waals surface area (Å²) >= 11 is 0. The molecule has 0 spiro atoms. The highest BCUT2D eigenvalue weighted by molar-refractivity contribution is 5.94. The van der Waals surface area contributed by atoms with Crippen molar-refractivity contribution in [3.05, 3.63) is 71.3 Å². The van der Waals surface area contributed by atoms with E-state index in [2.05, 4.69) is 35.4 Å². The quantitative estimate of drug-likeness (QED) is 0.432. The Kier molecular flexibility index (Phi) is 5.40. The fourth-order valence-corrected chi connectivity index (χ4v) is 4.24. The maximum Gasteiger partial charge on any atom is 0.238 e. The lowest BCUT2D eigenvalue weighted by atomic mass is 10.1. The largest absolute Gasteiger partial charge is 0.342 e. The number of carbonyl (C=O) groups excluding carboxylic acids is 1. The number of anilines is 1. The fourth-order valence-electron chi connectivity index (χ4n) is 4.24. The van der Waals surface area contributed by atoms with Gasteiger partial charge in [-0.3, -0.25) is 14.8 Å². The normalized spacial score (nSPS) is 16.6. The Morgan fingerprint density at radius 3 is 2.91 bits per heavy atom. The first-order valence-electron chi connectivity index (χ1n) is 10.7. The predicted molar refractivity (Wildman–Crippen MR) is 119 cm³/mol. The van der Waals surface area contributed by atoms with Crippen molar-refractivity contribution in [2.75, 3.05) is 18.4 Å².